The number of benzene rings is 1. The van der Waals surface area contributed by atoms with Gasteiger partial charge in [0.2, 0.25) is 0 Å². The van der Waals surface area contributed by atoms with Crippen molar-refractivity contribution in [3.8, 4) is 0 Å². The lowest BCUT2D eigenvalue weighted by molar-refractivity contribution is 0.121. The zero-order valence-corrected chi connectivity index (χ0v) is 11.9. The summed E-state index contributed by atoms with van der Waals surface area (Å²) >= 11 is 3.41. The second kappa shape index (κ2) is 5.30. The summed E-state index contributed by atoms with van der Waals surface area (Å²) in [5, 5.41) is 13.6. The maximum Gasteiger partial charge on any atom is 0.0940 e. The molecule has 2 nitrogen and oxygen atoms in total. The number of halogens is 1. The predicted octanol–water partition coefficient (Wildman–Crippen LogP) is 3.26. The summed E-state index contributed by atoms with van der Waals surface area (Å²) in [6.07, 6.45) is -0.489. The van der Waals surface area contributed by atoms with Gasteiger partial charge in [-0.3, -0.25) is 0 Å². The van der Waals surface area contributed by atoms with E-state index in [-0.39, 0.29) is 11.6 Å². The number of rotatable bonds is 3. The fourth-order valence-electron chi connectivity index (χ4n) is 1.74. The van der Waals surface area contributed by atoms with Crippen LogP contribution in [0.25, 0.3) is 0 Å². The molecule has 0 bridgehead atoms. The van der Waals surface area contributed by atoms with Crippen molar-refractivity contribution in [3.05, 3.63) is 34.3 Å². The summed E-state index contributed by atoms with van der Waals surface area (Å²) in [4.78, 5) is 0. The Hall–Kier alpha value is -0.380. The van der Waals surface area contributed by atoms with Gasteiger partial charge in [-0.15, -0.1) is 0 Å². The average Bonchev–Trinajstić information content (AvgIpc) is 2.14. The van der Waals surface area contributed by atoms with E-state index in [0.717, 1.165) is 10.0 Å². The Bertz CT molecular complexity index is 346. The second-order valence-corrected chi connectivity index (χ2v) is 6.10. The number of aliphatic hydroxyl groups excluding tert-OH is 1. The van der Waals surface area contributed by atoms with E-state index >= 15 is 0 Å². The standard InChI is InChI=1S/C13H20BrNO/c1-9(15-13(2,3)4)12(16)10-6-5-7-11(14)8-10/h5-9,12,15-16H,1-4H3/t9-,12+/m1/s1. The van der Waals surface area contributed by atoms with Gasteiger partial charge >= 0.3 is 0 Å². The van der Waals surface area contributed by atoms with Crippen LogP contribution in [0.5, 0.6) is 0 Å². The lowest BCUT2D eigenvalue weighted by atomic mass is 10.00. The minimum atomic E-state index is -0.489. The van der Waals surface area contributed by atoms with Gasteiger partial charge in [0.1, 0.15) is 0 Å². The molecule has 2 N–H and O–H groups in total. The molecule has 90 valence electrons. The molecule has 0 amide bonds. The molecule has 1 rings (SSSR count). The molecule has 0 unspecified atom stereocenters. The van der Waals surface area contributed by atoms with Crippen LogP contribution in [-0.2, 0) is 0 Å². The van der Waals surface area contributed by atoms with Crippen molar-refractivity contribution in [2.75, 3.05) is 0 Å². The zero-order valence-electron chi connectivity index (χ0n) is 10.3. The smallest absolute Gasteiger partial charge is 0.0940 e. The first-order chi connectivity index (χ1) is 7.29. The van der Waals surface area contributed by atoms with Crippen LogP contribution >= 0.6 is 15.9 Å². The molecule has 0 heterocycles. The van der Waals surface area contributed by atoms with E-state index in [2.05, 4.69) is 42.0 Å². The maximum absolute atomic E-state index is 10.2. The Morgan fingerprint density at radius 3 is 2.44 bits per heavy atom. The molecule has 1 aromatic carbocycles. The van der Waals surface area contributed by atoms with Crippen LogP contribution in [0.2, 0.25) is 0 Å². The van der Waals surface area contributed by atoms with Crippen LogP contribution in [0, 0.1) is 0 Å². The maximum atomic E-state index is 10.2. The largest absolute Gasteiger partial charge is 0.387 e. The van der Waals surface area contributed by atoms with Gasteiger partial charge in [-0.2, -0.15) is 0 Å². The van der Waals surface area contributed by atoms with Gasteiger partial charge < -0.3 is 10.4 Å². The summed E-state index contributed by atoms with van der Waals surface area (Å²) in [5.74, 6) is 0. The van der Waals surface area contributed by atoms with E-state index < -0.39 is 6.10 Å². The predicted molar refractivity (Wildman–Crippen MR) is 71.5 cm³/mol. The highest BCUT2D eigenvalue weighted by molar-refractivity contribution is 9.10. The Labute approximate surface area is 106 Å². The molecule has 2 atom stereocenters. The lowest BCUT2D eigenvalue weighted by Gasteiger charge is -2.29. The number of aliphatic hydroxyl groups is 1. The monoisotopic (exact) mass is 285 g/mol. The van der Waals surface area contributed by atoms with Gasteiger partial charge in [-0.1, -0.05) is 28.1 Å². The first kappa shape index (κ1) is 13.7. The first-order valence-corrected chi connectivity index (χ1v) is 6.30. The van der Waals surface area contributed by atoms with Crippen molar-refractivity contribution in [1.29, 1.82) is 0 Å². The van der Waals surface area contributed by atoms with Gasteiger partial charge in [-0.05, 0) is 45.4 Å². The number of nitrogens with one attached hydrogen (secondary N) is 1. The molecule has 0 radical (unpaired) electrons. The topological polar surface area (TPSA) is 32.3 Å². The molecule has 0 aromatic heterocycles. The molecule has 0 saturated heterocycles. The summed E-state index contributed by atoms with van der Waals surface area (Å²) in [6, 6.07) is 7.81. The van der Waals surface area contributed by atoms with E-state index in [9.17, 15) is 5.11 Å². The fourth-order valence-corrected chi connectivity index (χ4v) is 2.16. The summed E-state index contributed by atoms with van der Waals surface area (Å²) in [6.45, 7) is 8.28. The van der Waals surface area contributed by atoms with Crippen molar-refractivity contribution >= 4 is 15.9 Å². The molecule has 16 heavy (non-hydrogen) atoms. The highest BCUT2D eigenvalue weighted by Crippen LogP contribution is 2.21. The van der Waals surface area contributed by atoms with Gasteiger partial charge in [0, 0.05) is 16.1 Å². The van der Waals surface area contributed by atoms with Gasteiger partial charge in [-0.25, -0.2) is 0 Å². The quantitative estimate of drug-likeness (QED) is 0.894. The SMILES string of the molecule is C[C@@H](NC(C)(C)C)[C@H](O)c1cccc(Br)c1. The third-order valence-electron chi connectivity index (χ3n) is 2.32. The minimum Gasteiger partial charge on any atom is -0.387 e. The van der Waals surface area contributed by atoms with Crippen molar-refractivity contribution in [2.24, 2.45) is 0 Å². The molecular weight excluding hydrogens is 266 g/mol. The van der Waals surface area contributed by atoms with Crippen LogP contribution in [-0.4, -0.2) is 16.7 Å². The van der Waals surface area contributed by atoms with Crippen LogP contribution in [0.3, 0.4) is 0 Å². The molecular formula is C13H20BrNO. The van der Waals surface area contributed by atoms with E-state index in [1.165, 1.54) is 0 Å². The average molecular weight is 286 g/mol. The molecule has 0 spiro atoms. The normalized spacial score (nSPS) is 15.9. The van der Waals surface area contributed by atoms with Crippen LogP contribution in [0.4, 0.5) is 0 Å². The van der Waals surface area contributed by atoms with E-state index in [1.807, 2.05) is 31.2 Å². The number of hydrogen-bond acceptors (Lipinski definition) is 2. The molecule has 0 aliphatic heterocycles. The van der Waals surface area contributed by atoms with Gasteiger partial charge in [0.15, 0.2) is 0 Å². The van der Waals surface area contributed by atoms with Crippen LogP contribution in [0.15, 0.2) is 28.7 Å². The molecule has 1 aromatic rings. The van der Waals surface area contributed by atoms with Gasteiger partial charge in [0.05, 0.1) is 6.10 Å². The summed E-state index contributed by atoms with van der Waals surface area (Å²) in [5.41, 5.74) is 0.936. The Balaban J connectivity index is 2.74. The van der Waals surface area contributed by atoms with E-state index in [4.69, 9.17) is 0 Å². The van der Waals surface area contributed by atoms with Crippen molar-refractivity contribution in [3.63, 3.8) is 0 Å². The number of hydrogen-bond donors (Lipinski definition) is 2. The van der Waals surface area contributed by atoms with Crippen molar-refractivity contribution in [2.45, 2.75) is 45.4 Å². The van der Waals surface area contributed by atoms with Crippen molar-refractivity contribution in [1.82, 2.24) is 5.32 Å². The van der Waals surface area contributed by atoms with Crippen LogP contribution < -0.4 is 5.32 Å². The van der Waals surface area contributed by atoms with E-state index in [0.29, 0.717) is 0 Å². The molecule has 0 saturated carbocycles. The third-order valence-corrected chi connectivity index (χ3v) is 2.82. The lowest BCUT2D eigenvalue weighted by Crippen LogP contribution is -2.44. The molecule has 0 fully saturated rings. The Kier molecular flexibility index (Phi) is 4.53. The van der Waals surface area contributed by atoms with Crippen molar-refractivity contribution < 1.29 is 5.11 Å². The van der Waals surface area contributed by atoms with Gasteiger partial charge in [0.25, 0.3) is 0 Å². The zero-order chi connectivity index (χ0) is 12.3. The highest BCUT2D eigenvalue weighted by Gasteiger charge is 2.21. The van der Waals surface area contributed by atoms with Crippen LogP contribution in [0.1, 0.15) is 39.4 Å². The molecule has 3 heteroatoms. The molecule has 0 aliphatic carbocycles. The fraction of sp³-hybridized carbons (Fsp3) is 0.538. The second-order valence-electron chi connectivity index (χ2n) is 5.18. The Morgan fingerprint density at radius 2 is 1.94 bits per heavy atom. The summed E-state index contributed by atoms with van der Waals surface area (Å²) < 4.78 is 0.993. The first-order valence-electron chi connectivity index (χ1n) is 5.51. The minimum absolute atomic E-state index is 0.00636. The Morgan fingerprint density at radius 1 is 1.31 bits per heavy atom. The van der Waals surface area contributed by atoms with E-state index in [1.54, 1.807) is 0 Å². The summed E-state index contributed by atoms with van der Waals surface area (Å²) in [7, 11) is 0. The highest BCUT2D eigenvalue weighted by atomic mass is 79.9. The molecule has 0 aliphatic rings. The third kappa shape index (κ3) is 4.24.